The van der Waals surface area contributed by atoms with Crippen LogP contribution in [0.2, 0.25) is 0 Å². The number of anilines is 2. The highest BCUT2D eigenvalue weighted by atomic mass is 32.2. The molecule has 0 saturated carbocycles. The lowest BCUT2D eigenvalue weighted by molar-refractivity contribution is 1.12. The SMILES string of the molecule is Cc1cc2c3c(c1)c1cc(Nc4ccccc4)cc4c1n3-c1c3c(c(C)c5c1B4c1ccccc1S5)Sc1ccccc1B32. The summed E-state index contributed by atoms with van der Waals surface area (Å²) in [6.45, 7) is 5.07. The van der Waals surface area contributed by atoms with Gasteiger partial charge in [0, 0.05) is 58.4 Å². The highest BCUT2D eigenvalue weighted by molar-refractivity contribution is 8.01. The minimum atomic E-state index is 0.184. The number of rotatable bonds is 2. The van der Waals surface area contributed by atoms with Crippen molar-refractivity contribution in [3.8, 4) is 5.69 Å². The topological polar surface area (TPSA) is 17.0 Å². The van der Waals surface area contributed by atoms with Crippen molar-refractivity contribution in [2.24, 2.45) is 0 Å². The third kappa shape index (κ3) is 2.85. The zero-order valence-electron chi connectivity index (χ0n) is 24.2. The van der Waals surface area contributed by atoms with Crippen LogP contribution in [0.4, 0.5) is 11.4 Å². The van der Waals surface area contributed by atoms with E-state index in [2.05, 4.69) is 127 Å². The number of fused-ring (bicyclic) bond motifs is 7. The minimum Gasteiger partial charge on any atom is -0.356 e. The Bertz CT molecular complexity index is 2460. The first-order valence-electron chi connectivity index (χ1n) is 15.3. The number of para-hydroxylation sites is 1. The predicted molar refractivity (Wildman–Crippen MR) is 190 cm³/mol. The summed E-state index contributed by atoms with van der Waals surface area (Å²) in [7, 11) is 0. The number of aryl methyl sites for hydroxylation is 1. The van der Waals surface area contributed by atoms with Crippen LogP contribution in [-0.4, -0.2) is 18.0 Å². The second kappa shape index (κ2) is 8.26. The fraction of sp³-hybridized carbons (Fsp3) is 0.0526. The Kier molecular flexibility index (Phi) is 4.53. The van der Waals surface area contributed by atoms with Crippen LogP contribution in [0.25, 0.3) is 27.5 Å². The summed E-state index contributed by atoms with van der Waals surface area (Å²) >= 11 is 3.97. The maximum atomic E-state index is 3.78. The van der Waals surface area contributed by atoms with Crippen LogP contribution in [-0.2, 0) is 0 Å². The molecular formula is C38H24B2N2S2. The maximum absolute atomic E-state index is 3.78. The van der Waals surface area contributed by atoms with Gasteiger partial charge in [-0.1, -0.05) is 101 Å². The van der Waals surface area contributed by atoms with Crippen LogP contribution in [0.3, 0.4) is 0 Å². The van der Waals surface area contributed by atoms with E-state index in [1.165, 1.54) is 91.0 Å². The first-order chi connectivity index (χ1) is 21.7. The van der Waals surface area contributed by atoms with Gasteiger partial charge in [-0.2, -0.15) is 0 Å². The van der Waals surface area contributed by atoms with Crippen molar-refractivity contribution in [1.82, 2.24) is 4.57 Å². The van der Waals surface area contributed by atoms with Crippen LogP contribution in [0.1, 0.15) is 11.1 Å². The van der Waals surface area contributed by atoms with Crippen molar-refractivity contribution in [3.05, 3.63) is 114 Å². The van der Waals surface area contributed by atoms with Crippen LogP contribution < -0.4 is 38.1 Å². The average molecular weight is 594 g/mol. The highest BCUT2D eigenvalue weighted by Crippen LogP contribution is 2.46. The molecule has 6 heteroatoms. The van der Waals surface area contributed by atoms with Crippen molar-refractivity contribution in [2.45, 2.75) is 33.4 Å². The van der Waals surface area contributed by atoms with Gasteiger partial charge in [0.05, 0.1) is 0 Å². The van der Waals surface area contributed by atoms with Crippen LogP contribution in [0.15, 0.2) is 123 Å². The molecule has 5 heterocycles. The summed E-state index contributed by atoms with van der Waals surface area (Å²) < 4.78 is 2.69. The lowest BCUT2D eigenvalue weighted by Crippen LogP contribution is -2.66. The molecule has 204 valence electrons. The Morgan fingerprint density at radius 2 is 1.14 bits per heavy atom. The van der Waals surface area contributed by atoms with E-state index in [0.29, 0.717) is 0 Å². The molecule has 0 radical (unpaired) electrons. The van der Waals surface area contributed by atoms with E-state index >= 15 is 0 Å². The Balaban J connectivity index is 1.37. The summed E-state index contributed by atoms with van der Waals surface area (Å²) in [6.07, 6.45) is 0. The van der Waals surface area contributed by atoms with E-state index in [1.54, 1.807) is 0 Å². The summed E-state index contributed by atoms with van der Waals surface area (Å²) in [5.74, 6) is 0. The molecule has 0 amide bonds. The molecule has 4 aliphatic heterocycles. The Morgan fingerprint density at radius 1 is 0.568 bits per heavy atom. The maximum Gasteiger partial charge on any atom is 0.249 e. The van der Waals surface area contributed by atoms with Crippen LogP contribution in [0, 0.1) is 13.8 Å². The number of hydrogen-bond acceptors (Lipinski definition) is 3. The fourth-order valence-electron chi connectivity index (χ4n) is 8.62. The zero-order chi connectivity index (χ0) is 28.8. The number of nitrogens with one attached hydrogen (secondary N) is 1. The van der Waals surface area contributed by atoms with E-state index < -0.39 is 0 Å². The zero-order valence-corrected chi connectivity index (χ0v) is 25.9. The van der Waals surface area contributed by atoms with Crippen molar-refractivity contribution in [2.75, 3.05) is 5.32 Å². The van der Waals surface area contributed by atoms with E-state index in [1.807, 2.05) is 23.5 Å². The fourth-order valence-corrected chi connectivity index (χ4v) is 11.2. The molecule has 0 fully saturated rings. The van der Waals surface area contributed by atoms with Crippen molar-refractivity contribution < 1.29 is 0 Å². The lowest BCUT2D eigenvalue weighted by atomic mass is 9.31. The molecule has 0 atom stereocenters. The molecule has 0 saturated heterocycles. The molecule has 1 aromatic heterocycles. The Morgan fingerprint density at radius 3 is 1.80 bits per heavy atom. The molecular weight excluding hydrogens is 570 g/mol. The second-order valence-electron chi connectivity index (χ2n) is 12.6. The molecule has 4 aliphatic rings. The molecule has 6 aromatic carbocycles. The van der Waals surface area contributed by atoms with Gasteiger partial charge in [0.15, 0.2) is 0 Å². The quantitative estimate of drug-likeness (QED) is 0.258. The van der Waals surface area contributed by atoms with Gasteiger partial charge in [0.2, 0.25) is 13.4 Å². The molecule has 11 rings (SSSR count). The monoisotopic (exact) mass is 594 g/mol. The number of hydrogen-bond donors (Lipinski definition) is 1. The molecule has 0 aliphatic carbocycles. The molecule has 2 nitrogen and oxygen atoms in total. The van der Waals surface area contributed by atoms with E-state index in [4.69, 9.17) is 0 Å². The van der Waals surface area contributed by atoms with Gasteiger partial charge in [-0.25, -0.2) is 0 Å². The Hall–Kier alpha value is -4.25. The van der Waals surface area contributed by atoms with Gasteiger partial charge >= 0.3 is 0 Å². The van der Waals surface area contributed by atoms with E-state index in [0.717, 1.165) is 11.4 Å². The molecule has 1 N–H and O–H groups in total. The third-order valence-corrected chi connectivity index (χ3v) is 12.9. The smallest absolute Gasteiger partial charge is 0.249 e. The predicted octanol–water partition coefficient (Wildman–Crippen LogP) is 5.73. The first-order valence-corrected chi connectivity index (χ1v) is 17.0. The van der Waals surface area contributed by atoms with E-state index in [9.17, 15) is 0 Å². The lowest BCUT2D eigenvalue weighted by Gasteiger charge is -2.41. The Labute approximate surface area is 265 Å². The van der Waals surface area contributed by atoms with Crippen molar-refractivity contribution in [3.63, 3.8) is 0 Å². The van der Waals surface area contributed by atoms with Gasteiger partial charge in [0.25, 0.3) is 0 Å². The summed E-state index contributed by atoms with van der Waals surface area (Å²) in [4.78, 5) is 5.68. The van der Waals surface area contributed by atoms with Crippen molar-refractivity contribution >= 4 is 103 Å². The molecule has 0 unspecified atom stereocenters. The standard InChI is InChI=1S/C38H24B2N2S2/c1-20-16-24-25-18-23(41-22-10-4-3-5-11-22)19-29-35(25)42-34(24)28(17-20)39-26-12-6-8-14-30(26)43-37-21(2)38-33(36(42)32(37)39)40(29)27-13-7-9-15-31(27)44-38/h3-19,41H,1-2H3. The number of benzene rings is 6. The normalized spacial score (nSPS) is 14.3. The summed E-state index contributed by atoms with van der Waals surface area (Å²) in [6, 6.07) is 38.6. The van der Waals surface area contributed by atoms with Gasteiger partial charge in [-0.3, -0.25) is 0 Å². The molecule has 7 aromatic rings. The van der Waals surface area contributed by atoms with Crippen LogP contribution in [0.5, 0.6) is 0 Å². The first kappa shape index (κ1) is 24.1. The molecule has 0 spiro atoms. The van der Waals surface area contributed by atoms with Gasteiger partial charge in [0.1, 0.15) is 0 Å². The molecule has 0 bridgehead atoms. The second-order valence-corrected chi connectivity index (χ2v) is 14.7. The van der Waals surface area contributed by atoms with Gasteiger partial charge in [-0.15, -0.1) is 0 Å². The van der Waals surface area contributed by atoms with Crippen LogP contribution >= 0.6 is 23.5 Å². The number of aromatic nitrogens is 1. The summed E-state index contributed by atoms with van der Waals surface area (Å²) in [5.41, 5.74) is 18.0. The minimum absolute atomic E-state index is 0.184. The van der Waals surface area contributed by atoms with Crippen molar-refractivity contribution in [1.29, 1.82) is 0 Å². The average Bonchev–Trinajstić information content (AvgIpc) is 3.37. The molecule has 44 heavy (non-hydrogen) atoms. The van der Waals surface area contributed by atoms with E-state index in [-0.39, 0.29) is 13.4 Å². The largest absolute Gasteiger partial charge is 0.356 e. The number of nitrogens with zero attached hydrogens (tertiary/aromatic N) is 1. The van der Waals surface area contributed by atoms with Gasteiger partial charge < -0.3 is 9.88 Å². The summed E-state index contributed by atoms with van der Waals surface area (Å²) in [5, 5.41) is 6.49. The third-order valence-electron chi connectivity index (χ3n) is 10.2. The highest BCUT2D eigenvalue weighted by Gasteiger charge is 2.48. The van der Waals surface area contributed by atoms with Gasteiger partial charge in [-0.05, 0) is 83.7 Å².